The number of hydrogen-bond acceptors (Lipinski definition) is 5. The third kappa shape index (κ3) is 5.36. The summed E-state index contributed by atoms with van der Waals surface area (Å²) in [7, 11) is 1.77. The number of nitrogens with one attached hydrogen (secondary N) is 2. The van der Waals surface area contributed by atoms with E-state index in [1.807, 2.05) is 36.4 Å². The van der Waals surface area contributed by atoms with Gasteiger partial charge >= 0.3 is 0 Å². The Bertz CT molecular complexity index is 817. The normalized spacial score (nSPS) is 16.9. The van der Waals surface area contributed by atoms with Crippen LogP contribution in [0.25, 0.3) is 0 Å². The Morgan fingerprint density at radius 3 is 3.04 bits per heavy atom. The molecule has 0 bridgehead atoms. The Kier molecular flexibility index (Phi) is 7.08. The summed E-state index contributed by atoms with van der Waals surface area (Å²) in [4.78, 5) is 10.6. The minimum Gasteiger partial charge on any atom is -0.490 e. The summed E-state index contributed by atoms with van der Waals surface area (Å²) in [6, 6.07) is 14.1. The van der Waals surface area contributed by atoms with Crippen molar-refractivity contribution in [3.8, 4) is 11.8 Å². The van der Waals surface area contributed by atoms with Gasteiger partial charge in [0.15, 0.2) is 5.96 Å². The largest absolute Gasteiger partial charge is 0.490 e. The highest BCUT2D eigenvalue weighted by molar-refractivity contribution is 5.80. The number of aromatic nitrogens is 1. The second-order valence-corrected chi connectivity index (χ2v) is 6.59. The summed E-state index contributed by atoms with van der Waals surface area (Å²) in [5, 5.41) is 16.1. The van der Waals surface area contributed by atoms with Gasteiger partial charge in [0, 0.05) is 32.4 Å². The first-order chi connectivity index (χ1) is 13.8. The third-order valence-electron chi connectivity index (χ3n) is 4.65. The van der Waals surface area contributed by atoms with Crippen molar-refractivity contribution in [3.05, 3.63) is 54.4 Å². The summed E-state index contributed by atoms with van der Waals surface area (Å²) in [5.74, 6) is 1.52. The number of nitriles is 1. The summed E-state index contributed by atoms with van der Waals surface area (Å²) < 4.78 is 5.64. The lowest BCUT2D eigenvalue weighted by molar-refractivity contribution is 0.320. The molecular formula is C21H26N6O. The molecule has 0 saturated carbocycles. The minimum absolute atomic E-state index is 0.269. The van der Waals surface area contributed by atoms with Crippen LogP contribution < -0.4 is 20.3 Å². The fourth-order valence-corrected chi connectivity index (χ4v) is 3.32. The topological polar surface area (TPSA) is 85.6 Å². The average Bonchev–Trinajstić information content (AvgIpc) is 2.76. The number of aliphatic imine (C=N–C) groups is 1. The molecule has 1 aliphatic heterocycles. The number of hydrogen-bond donors (Lipinski definition) is 2. The highest BCUT2D eigenvalue weighted by Gasteiger charge is 2.22. The molecule has 0 aliphatic carbocycles. The van der Waals surface area contributed by atoms with Crippen LogP contribution in [-0.2, 0) is 0 Å². The molecule has 1 saturated heterocycles. The van der Waals surface area contributed by atoms with Crippen LogP contribution in [0.5, 0.6) is 5.75 Å². The zero-order chi connectivity index (χ0) is 19.6. The molecule has 146 valence electrons. The number of nitrogens with zero attached hydrogens (tertiary/aromatic N) is 4. The second kappa shape index (κ2) is 10.2. The summed E-state index contributed by atoms with van der Waals surface area (Å²) in [6.07, 6.45) is 5.55. The second-order valence-electron chi connectivity index (χ2n) is 6.59. The standard InChI is InChI=1S/C21H26N6O/c1-23-21(25-11-13-28-19-8-4-10-24-15-19)26-18-7-5-12-27(16-18)20-9-3-2-6-17(20)14-22/h2-4,6,8-10,15,18H,5,7,11-13,16H2,1H3,(H2,23,25,26). The van der Waals surface area contributed by atoms with Gasteiger partial charge in [-0.1, -0.05) is 12.1 Å². The molecule has 0 amide bonds. The fourth-order valence-electron chi connectivity index (χ4n) is 3.32. The number of piperidine rings is 1. The first-order valence-electron chi connectivity index (χ1n) is 9.54. The molecule has 28 heavy (non-hydrogen) atoms. The van der Waals surface area contributed by atoms with Crippen molar-refractivity contribution >= 4 is 11.6 Å². The molecule has 1 unspecified atom stereocenters. The maximum atomic E-state index is 9.36. The SMILES string of the molecule is CN=C(NCCOc1cccnc1)NC1CCCN(c2ccccc2C#N)C1. The van der Waals surface area contributed by atoms with E-state index in [2.05, 4.69) is 31.6 Å². The number of ether oxygens (including phenoxy) is 1. The molecule has 1 atom stereocenters. The van der Waals surface area contributed by atoms with Crippen molar-refractivity contribution < 1.29 is 4.74 Å². The van der Waals surface area contributed by atoms with Crippen LogP contribution in [-0.4, -0.2) is 50.3 Å². The number of pyridine rings is 1. The van der Waals surface area contributed by atoms with Gasteiger partial charge in [-0.05, 0) is 37.1 Å². The zero-order valence-electron chi connectivity index (χ0n) is 16.1. The first kappa shape index (κ1) is 19.5. The Hall–Kier alpha value is -3.27. The van der Waals surface area contributed by atoms with Gasteiger partial charge in [0.2, 0.25) is 0 Å². The molecule has 0 radical (unpaired) electrons. The molecule has 7 heteroatoms. The minimum atomic E-state index is 0.269. The van der Waals surface area contributed by atoms with Crippen LogP contribution in [0.4, 0.5) is 5.69 Å². The van der Waals surface area contributed by atoms with E-state index in [0.717, 1.165) is 48.9 Å². The Balaban J connectivity index is 1.48. The van der Waals surface area contributed by atoms with Crippen LogP contribution >= 0.6 is 0 Å². The maximum absolute atomic E-state index is 9.36. The van der Waals surface area contributed by atoms with Gasteiger partial charge in [0.25, 0.3) is 0 Å². The van der Waals surface area contributed by atoms with Crippen LogP contribution in [0.15, 0.2) is 53.8 Å². The molecule has 3 rings (SSSR count). The molecule has 2 heterocycles. The van der Waals surface area contributed by atoms with E-state index in [-0.39, 0.29) is 6.04 Å². The molecule has 1 fully saturated rings. The smallest absolute Gasteiger partial charge is 0.191 e. The van der Waals surface area contributed by atoms with Gasteiger partial charge in [0.1, 0.15) is 18.4 Å². The summed E-state index contributed by atoms with van der Waals surface area (Å²) >= 11 is 0. The maximum Gasteiger partial charge on any atom is 0.191 e. The van der Waals surface area contributed by atoms with E-state index in [9.17, 15) is 5.26 Å². The monoisotopic (exact) mass is 378 g/mol. The van der Waals surface area contributed by atoms with Crippen LogP contribution in [0.3, 0.4) is 0 Å². The van der Waals surface area contributed by atoms with Gasteiger partial charge < -0.3 is 20.3 Å². The van der Waals surface area contributed by atoms with Crippen molar-refractivity contribution in [3.63, 3.8) is 0 Å². The van der Waals surface area contributed by atoms with Crippen LogP contribution in [0.1, 0.15) is 18.4 Å². The number of guanidine groups is 1. The fraction of sp³-hybridized carbons (Fsp3) is 0.381. The Morgan fingerprint density at radius 1 is 1.36 bits per heavy atom. The molecule has 1 aromatic carbocycles. The number of para-hydroxylation sites is 1. The number of benzene rings is 1. The van der Waals surface area contributed by atoms with Crippen molar-refractivity contribution in [1.29, 1.82) is 5.26 Å². The van der Waals surface area contributed by atoms with E-state index >= 15 is 0 Å². The van der Waals surface area contributed by atoms with Gasteiger partial charge in [-0.15, -0.1) is 0 Å². The molecule has 1 aromatic heterocycles. The van der Waals surface area contributed by atoms with E-state index in [0.29, 0.717) is 13.2 Å². The highest BCUT2D eigenvalue weighted by atomic mass is 16.5. The van der Waals surface area contributed by atoms with Gasteiger partial charge in [-0.25, -0.2) is 0 Å². The van der Waals surface area contributed by atoms with E-state index in [1.165, 1.54) is 0 Å². The molecule has 1 aliphatic rings. The lowest BCUT2D eigenvalue weighted by Gasteiger charge is -2.35. The Labute approximate surface area is 166 Å². The average molecular weight is 378 g/mol. The van der Waals surface area contributed by atoms with E-state index < -0.39 is 0 Å². The Morgan fingerprint density at radius 2 is 2.25 bits per heavy atom. The molecule has 0 spiro atoms. The van der Waals surface area contributed by atoms with Crippen molar-refractivity contribution in [1.82, 2.24) is 15.6 Å². The van der Waals surface area contributed by atoms with Crippen LogP contribution in [0.2, 0.25) is 0 Å². The van der Waals surface area contributed by atoms with Gasteiger partial charge in [-0.3, -0.25) is 9.98 Å². The van der Waals surface area contributed by atoms with Crippen molar-refractivity contribution in [2.75, 3.05) is 38.2 Å². The van der Waals surface area contributed by atoms with E-state index in [4.69, 9.17) is 4.74 Å². The molecule has 7 nitrogen and oxygen atoms in total. The lowest BCUT2D eigenvalue weighted by atomic mass is 10.0. The summed E-state index contributed by atoms with van der Waals surface area (Å²) in [6.45, 7) is 2.97. The molecule has 2 aromatic rings. The quantitative estimate of drug-likeness (QED) is 0.455. The highest BCUT2D eigenvalue weighted by Crippen LogP contribution is 2.23. The predicted molar refractivity (Wildman–Crippen MR) is 111 cm³/mol. The van der Waals surface area contributed by atoms with Crippen molar-refractivity contribution in [2.45, 2.75) is 18.9 Å². The van der Waals surface area contributed by atoms with Crippen LogP contribution in [0, 0.1) is 11.3 Å². The van der Waals surface area contributed by atoms with Gasteiger partial charge in [0.05, 0.1) is 24.0 Å². The third-order valence-corrected chi connectivity index (χ3v) is 4.65. The predicted octanol–water partition coefficient (Wildman–Crippen LogP) is 2.17. The first-order valence-corrected chi connectivity index (χ1v) is 9.54. The molecule has 2 N–H and O–H groups in total. The lowest BCUT2D eigenvalue weighted by Crippen LogP contribution is -2.51. The number of anilines is 1. The van der Waals surface area contributed by atoms with Crippen molar-refractivity contribution in [2.24, 2.45) is 4.99 Å². The van der Waals surface area contributed by atoms with Gasteiger partial charge in [-0.2, -0.15) is 5.26 Å². The van der Waals surface area contributed by atoms with E-state index in [1.54, 1.807) is 19.4 Å². The number of rotatable bonds is 6. The molecular weight excluding hydrogens is 352 g/mol. The zero-order valence-corrected chi connectivity index (χ0v) is 16.1. The summed E-state index contributed by atoms with van der Waals surface area (Å²) in [5.41, 5.74) is 1.72.